The number of nitrogens with one attached hydrogen (secondary N) is 1. The lowest BCUT2D eigenvalue weighted by Gasteiger charge is -2.38. The fourth-order valence-corrected chi connectivity index (χ4v) is 7.47. The third kappa shape index (κ3) is 4.37. The second kappa shape index (κ2) is 9.22. The molecule has 3 aromatic rings. The smallest absolute Gasteiger partial charge is 0.326 e. The Morgan fingerprint density at radius 1 is 1.18 bits per heavy atom. The van der Waals surface area contributed by atoms with Crippen LogP contribution in [0.1, 0.15) is 60.2 Å². The zero-order valence-corrected chi connectivity index (χ0v) is 22.5. The Morgan fingerprint density at radius 3 is 2.77 bits per heavy atom. The maximum atomic E-state index is 14.4. The SMILES string of the molecule is O=C1Nc2cc(N3CCCS3(O)O)nc(C3CC3)c2CN1c1cc2c(cc1Cl)CCC(c1ncccc1F)O2. The van der Waals surface area contributed by atoms with Gasteiger partial charge in [0.15, 0.2) is 0 Å². The lowest BCUT2D eigenvalue weighted by atomic mass is 9.99. The van der Waals surface area contributed by atoms with Gasteiger partial charge < -0.3 is 10.1 Å². The number of benzene rings is 1. The van der Waals surface area contributed by atoms with Crippen LogP contribution in [0.5, 0.6) is 5.75 Å². The highest BCUT2D eigenvalue weighted by Crippen LogP contribution is 2.53. The van der Waals surface area contributed by atoms with Gasteiger partial charge in [-0.25, -0.2) is 14.2 Å². The highest BCUT2D eigenvalue weighted by atomic mass is 35.5. The minimum absolute atomic E-state index is 0.257. The normalized spacial score (nSPS) is 22.6. The van der Waals surface area contributed by atoms with E-state index in [2.05, 4.69) is 10.3 Å². The Bertz CT molecular complexity index is 1500. The molecule has 1 saturated heterocycles. The van der Waals surface area contributed by atoms with Crippen LogP contribution in [0.25, 0.3) is 0 Å². The monoisotopic (exact) mass is 571 g/mol. The molecule has 204 valence electrons. The first kappa shape index (κ1) is 24.9. The fourth-order valence-electron chi connectivity index (χ4n) is 5.63. The van der Waals surface area contributed by atoms with E-state index in [0.29, 0.717) is 59.5 Å². The maximum absolute atomic E-state index is 14.4. The highest BCUT2D eigenvalue weighted by Gasteiger charge is 2.38. The van der Waals surface area contributed by atoms with Gasteiger partial charge in [0.25, 0.3) is 0 Å². The number of hydrogen-bond donors (Lipinski definition) is 3. The lowest BCUT2D eigenvalue weighted by molar-refractivity contribution is 0.167. The van der Waals surface area contributed by atoms with Gasteiger partial charge in [-0.2, -0.15) is 0 Å². The van der Waals surface area contributed by atoms with Gasteiger partial charge in [0, 0.05) is 36.4 Å². The molecule has 0 radical (unpaired) electrons. The quantitative estimate of drug-likeness (QED) is 0.322. The van der Waals surface area contributed by atoms with Crippen molar-refractivity contribution in [3.8, 4) is 5.75 Å². The van der Waals surface area contributed by atoms with Crippen molar-refractivity contribution in [1.29, 1.82) is 0 Å². The summed E-state index contributed by atoms with van der Waals surface area (Å²) in [6.07, 6.45) is 4.87. The molecule has 4 aliphatic rings. The lowest BCUT2D eigenvalue weighted by Crippen LogP contribution is -2.40. The van der Waals surface area contributed by atoms with Crippen molar-refractivity contribution >= 4 is 45.6 Å². The van der Waals surface area contributed by atoms with E-state index >= 15 is 0 Å². The molecular formula is C27H27ClFN5O4S. The van der Waals surface area contributed by atoms with Crippen LogP contribution in [-0.4, -0.2) is 37.4 Å². The molecule has 9 nitrogen and oxygen atoms in total. The van der Waals surface area contributed by atoms with Crippen molar-refractivity contribution in [2.75, 3.05) is 26.8 Å². The molecule has 3 aliphatic heterocycles. The van der Waals surface area contributed by atoms with Crippen molar-refractivity contribution < 1.29 is 23.0 Å². The average molecular weight is 572 g/mol. The summed E-state index contributed by atoms with van der Waals surface area (Å²) in [5.41, 5.74) is 4.02. The van der Waals surface area contributed by atoms with E-state index in [1.807, 2.05) is 0 Å². The third-order valence-corrected chi connectivity index (χ3v) is 9.97. The first-order valence-electron chi connectivity index (χ1n) is 13.0. The van der Waals surface area contributed by atoms with Gasteiger partial charge in [0.2, 0.25) is 0 Å². The minimum atomic E-state index is -2.91. The number of halogens is 2. The van der Waals surface area contributed by atoms with E-state index in [4.69, 9.17) is 21.3 Å². The third-order valence-electron chi connectivity index (χ3n) is 7.76. The van der Waals surface area contributed by atoms with E-state index in [0.717, 1.165) is 29.7 Å². The first-order chi connectivity index (χ1) is 18.8. The summed E-state index contributed by atoms with van der Waals surface area (Å²) in [5.74, 6) is 1.19. The molecule has 0 bridgehead atoms. The van der Waals surface area contributed by atoms with Crippen LogP contribution in [-0.2, 0) is 13.0 Å². The second-order valence-corrected chi connectivity index (χ2v) is 12.9. The van der Waals surface area contributed by atoms with E-state index in [1.54, 1.807) is 39.7 Å². The van der Waals surface area contributed by atoms with E-state index in [9.17, 15) is 18.3 Å². The molecule has 2 amide bonds. The van der Waals surface area contributed by atoms with Gasteiger partial charge in [0.1, 0.15) is 29.2 Å². The zero-order chi connectivity index (χ0) is 26.9. The Morgan fingerprint density at radius 2 is 2.03 bits per heavy atom. The van der Waals surface area contributed by atoms with Gasteiger partial charge in [0.05, 0.1) is 34.4 Å². The molecule has 1 aromatic carbocycles. The van der Waals surface area contributed by atoms with Crippen molar-refractivity contribution in [3.05, 3.63) is 69.9 Å². The van der Waals surface area contributed by atoms with Gasteiger partial charge in [-0.3, -0.25) is 23.3 Å². The molecule has 5 heterocycles. The van der Waals surface area contributed by atoms with Crippen molar-refractivity contribution in [1.82, 2.24) is 9.97 Å². The van der Waals surface area contributed by atoms with Crippen LogP contribution in [0.15, 0.2) is 36.5 Å². The molecule has 1 aliphatic carbocycles. The number of fused-ring (bicyclic) bond motifs is 2. The number of urea groups is 1. The van der Waals surface area contributed by atoms with E-state index in [-0.39, 0.29) is 24.2 Å². The molecule has 12 heteroatoms. The van der Waals surface area contributed by atoms with Gasteiger partial charge in [-0.1, -0.05) is 11.6 Å². The Hall–Kier alpha value is -3.12. The molecule has 2 aromatic heterocycles. The predicted molar refractivity (Wildman–Crippen MR) is 148 cm³/mol. The van der Waals surface area contributed by atoms with Crippen molar-refractivity contribution in [2.45, 2.75) is 50.7 Å². The zero-order valence-electron chi connectivity index (χ0n) is 20.9. The maximum Gasteiger partial charge on any atom is 0.326 e. The topological polar surface area (TPSA) is 111 Å². The van der Waals surface area contributed by atoms with Crippen LogP contribution < -0.4 is 19.3 Å². The molecule has 1 saturated carbocycles. The summed E-state index contributed by atoms with van der Waals surface area (Å²) in [4.78, 5) is 24.0. The predicted octanol–water partition coefficient (Wildman–Crippen LogP) is 6.64. The largest absolute Gasteiger partial charge is 0.484 e. The number of aryl methyl sites for hydroxylation is 1. The summed E-state index contributed by atoms with van der Waals surface area (Å²) in [5, 5.41) is 3.40. The number of anilines is 3. The Labute approximate surface area is 231 Å². The molecule has 1 atom stereocenters. The first-order valence-corrected chi connectivity index (χ1v) is 15.1. The van der Waals surface area contributed by atoms with E-state index < -0.39 is 22.7 Å². The molecule has 39 heavy (non-hydrogen) atoms. The summed E-state index contributed by atoms with van der Waals surface area (Å²) < 4.78 is 43.2. The standard InChI is InChI=1S/C27H27ClFN5O4S/c28-18-11-16-6-7-22(26-19(29)3-1-8-30-26)38-23(16)13-21(18)33-14-17-20(31-27(33)35)12-24(32-25(17)15-4-5-15)34-9-2-10-39(34,36)37/h1,3,8,11-13,15,22,36-37H,2,4-7,9-10,14H2,(H,31,35). The highest BCUT2D eigenvalue weighted by molar-refractivity contribution is 8.25. The summed E-state index contributed by atoms with van der Waals surface area (Å²) in [6, 6.07) is 7.84. The van der Waals surface area contributed by atoms with Gasteiger partial charge in [-0.05, 0) is 55.9 Å². The minimum Gasteiger partial charge on any atom is -0.484 e. The molecule has 3 N–H and O–H groups in total. The number of ether oxygens (including phenoxy) is 1. The van der Waals surface area contributed by atoms with Crippen LogP contribution in [0.3, 0.4) is 0 Å². The summed E-state index contributed by atoms with van der Waals surface area (Å²) in [7, 11) is -2.91. The average Bonchev–Trinajstić information content (AvgIpc) is 3.69. The number of nitrogens with zero attached hydrogens (tertiary/aromatic N) is 4. The summed E-state index contributed by atoms with van der Waals surface area (Å²) >= 11 is 6.70. The van der Waals surface area contributed by atoms with E-state index in [1.165, 1.54) is 6.07 Å². The Kier molecular flexibility index (Phi) is 5.89. The number of hydrogen-bond acceptors (Lipinski definition) is 7. The van der Waals surface area contributed by atoms with Crippen molar-refractivity contribution in [2.24, 2.45) is 0 Å². The molecule has 7 rings (SSSR count). The van der Waals surface area contributed by atoms with Crippen LogP contribution >= 0.6 is 22.4 Å². The van der Waals surface area contributed by atoms with Gasteiger partial charge >= 0.3 is 6.03 Å². The number of pyridine rings is 2. The number of carbonyl (C=O) groups is 1. The Balaban J connectivity index is 1.23. The number of aromatic nitrogens is 2. The number of rotatable bonds is 4. The van der Waals surface area contributed by atoms with Crippen LogP contribution in [0, 0.1) is 5.82 Å². The summed E-state index contributed by atoms with van der Waals surface area (Å²) in [6.45, 7) is 0.764. The van der Waals surface area contributed by atoms with Crippen LogP contribution in [0.2, 0.25) is 5.02 Å². The second-order valence-electron chi connectivity index (χ2n) is 10.4. The van der Waals surface area contributed by atoms with Crippen LogP contribution in [0.4, 0.5) is 26.4 Å². The number of carbonyl (C=O) groups excluding carboxylic acids is 1. The molecular weight excluding hydrogens is 545 g/mol. The molecule has 1 unspecified atom stereocenters. The number of amides is 2. The van der Waals surface area contributed by atoms with Gasteiger partial charge in [-0.15, -0.1) is 10.8 Å². The van der Waals surface area contributed by atoms with Crippen molar-refractivity contribution in [3.63, 3.8) is 0 Å². The molecule has 0 spiro atoms. The molecule has 2 fully saturated rings. The fraction of sp³-hybridized carbons (Fsp3) is 0.370.